The molecule has 5 nitrogen and oxygen atoms in total. The maximum Gasteiger partial charge on any atom is 0.229 e. The number of aromatic nitrogens is 2. The number of nitrogens with two attached hydrogens (primary N) is 1. The Morgan fingerprint density at radius 2 is 2.33 bits per heavy atom. The zero-order valence-corrected chi connectivity index (χ0v) is 10.9. The second-order valence-electron chi connectivity index (χ2n) is 5.01. The van der Waals surface area contributed by atoms with Gasteiger partial charge in [0.25, 0.3) is 0 Å². The number of hydrogen-bond acceptors (Lipinski definition) is 3. The van der Waals surface area contributed by atoms with Crippen LogP contribution in [0.15, 0.2) is 6.07 Å². The smallest absolute Gasteiger partial charge is 0.229 e. The number of rotatable bonds is 4. The predicted molar refractivity (Wildman–Crippen MR) is 71.1 cm³/mol. The topological polar surface area (TPSA) is 83.8 Å². The Hall–Kier alpha value is -1.36. The van der Waals surface area contributed by atoms with Crippen molar-refractivity contribution in [3.8, 4) is 0 Å². The van der Waals surface area contributed by atoms with E-state index >= 15 is 0 Å². The molecule has 0 spiro atoms. The van der Waals surface area contributed by atoms with Crippen LogP contribution in [0.1, 0.15) is 38.3 Å². The lowest BCUT2D eigenvalue weighted by molar-refractivity contribution is -0.122. The molecule has 2 unspecified atom stereocenters. The Bertz CT molecular complexity index is 401. The molecule has 100 valence electrons. The number of aromatic amines is 1. The molecule has 4 N–H and O–H groups in total. The molecule has 0 radical (unpaired) electrons. The molecule has 0 aromatic carbocycles. The van der Waals surface area contributed by atoms with Gasteiger partial charge in [-0.3, -0.25) is 9.89 Å². The fourth-order valence-electron chi connectivity index (χ4n) is 2.66. The second-order valence-corrected chi connectivity index (χ2v) is 5.01. The third-order valence-corrected chi connectivity index (χ3v) is 3.81. The summed E-state index contributed by atoms with van der Waals surface area (Å²) in [5.41, 5.74) is 6.78. The first kappa shape index (κ1) is 13.1. The largest absolute Gasteiger partial charge is 0.330 e. The Balaban J connectivity index is 1.97. The minimum Gasteiger partial charge on any atom is -0.330 e. The van der Waals surface area contributed by atoms with E-state index in [0.717, 1.165) is 31.4 Å². The molecule has 1 aliphatic rings. The van der Waals surface area contributed by atoms with Crippen LogP contribution in [0, 0.1) is 11.8 Å². The van der Waals surface area contributed by atoms with Crippen LogP contribution in [0.2, 0.25) is 0 Å². The van der Waals surface area contributed by atoms with Crippen LogP contribution in [0.25, 0.3) is 0 Å². The number of aryl methyl sites for hydroxylation is 1. The van der Waals surface area contributed by atoms with Crippen molar-refractivity contribution in [1.82, 2.24) is 10.2 Å². The van der Waals surface area contributed by atoms with Gasteiger partial charge in [0.05, 0.1) is 0 Å². The van der Waals surface area contributed by atoms with Gasteiger partial charge < -0.3 is 11.1 Å². The van der Waals surface area contributed by atoms with E-state index in [9.17, 15) is 4.79 Å². The van der Waals surface area contributed by atoms with Crippen molar-refractivity contribution in [3.05, 3.63) is 11.8 Å². The highest BCUT2D eigenvalue weighted by Crippen LogP contribution is 2.30. The van der Waals surface area contributed by atoms with Gasteiger partial charge in [-0.15, -0.1) is 0 Å². The number of anilines is 1. The normalized spacial score (nSPS) is 23.9. The number of nitrogens with one attached hydrogen (secondary N) is 2. The van der Waals surface area contributed by atoms with Crippen molar-refractivity contribution in [2.24, 2.45) is 17.6 Å². The van der Waals surface area contributed by atoms with Crippen molar-refractivity contribution in [3.63, 3.8) is 0 Å². The van der Waals surface area contributed by atoms with Crippen LogP contribution < -0.4 is 11.1 Å². The summed E-state index contributed by atoms with van der Waals surface area (Å²) in [6.07, 6.45) is 5.20. The van der Waals surface area contributed by atoms with Gasteiger partial charge >= 0.3 is 0 Å². The Kier molecular flexibility index (Phi) is 4.36. The Labute approximate surface area is 108 Å². The van der Waals surface area contributed by atoms with Crippen LogP contribution in [-0.2, 0) is 11.2 Å². The molecule has 0 bridgehead atoms. The fourth-order valence-corrected chi connectivity index (χ4v) is 2.66. The first-order chi connectivity index (χ1) is 8.74. The van der Waals surface area contributed by atoms with E-state index in [0.29, 0.717) is 18.3 Å². The van der Waals surface area contributed by atoms with E-state index in [2.05, 4.69) is 15.5 Å². The summed E-state index contributed by atoms with van der Waals surface area (Å²) in [4.78, 5) is 12.2. The molecule has 1 heterocycles. The molecule has 1 fully saturated rings. The van der Waals surface area contributed by atoms with Gasteiger partial charge in [0.2, 0.25) is 5.91 Å². The standard InChI is InChI=1S/C13H22N4O/c1-2-10-7-12(17-16-10)15-13(18)11-6-4-3-5-9(11)8-14/h7,9,11H,2-6,8,14H2,1H3,(H2,15,16,17,18). The number of nitrogens with zero attached hydrogens (tertiary/aromatic N) is 1. The molecule has 2 atom stereocenters. The van der Waals surface area contributed by atoms with Crippen molar-refractivity contribution in [1.29, 1.82) is 0 Å². The highest BCUT2D eigenvalue weighted by molar-refractivity contribution is 5.92. The third kappa shape index (κ3) is 2.90. The van der Waals surface area contributed by atoms with Crippen molar-refractivity contribution < 1.29 is 4.79 Å². The molecule has 1 aromatic rings. The number of carbonyl (C=O) groups is 1. The molecule has 1 aliphatic carbocycles. The lowest BCUT2D eigenvalue weighted by Gasteiger charge is -2.29. The van der Waals surface area contributed by atoms with Gasteiger partial charge in [-0.25, -0.2) is 0 Å². The fraction of sp³-hybridized carbons (Fsp3) is 0.692. The highest BCUT2D eigenvalue weighted by atomic mass is 16.2. The molecule has 1 amide bonds. The van der Waals surface area contributed by atoms with Gasteiger partial charge in [-0.2, -0.15) is 5.10 Å². The van der Waals surface area contributed by atoms with Crippen LogP contribution in [0.3, 0.4) is 0 Å². The minimum atomic E-state index is 0.0468. The minimum absolute atomic E-state index is 0.0468. The van der Waals surface area contributed by atoms with E-state index in [4.69, 9.17) is 5.73 Å². The van der Waals surface area contributed by atoms with Gasteiger partial charge in [-0.1, -0.05) is 19.8 Å². The summed E-state index contributed by atoms with van der Waals surface area (Å²) in [6, 6.07) is 1.89. The Morgan fingerprint density at radius 1 is 1.56 bits per heavy atom. The maximum absolute atomic E-state index is 12.2. The van der Waals surface area contributed by atoms with Gasteiger partial charge in [0.1, 0.15) is 0 Å². The van der Waals surface area contributed by atoms with E-state index in [1.54, 1.807) is 0 Å². The molecule has 2 rings (SSSR count). The highest BCUT2D eigenvalue weighted by Gasteiger charge is 2.30. The van der Waals surface area contributed by atoms with Gasteiger partial charge in [0.15, 0.2) is 5.82 Å². The quantitative estimate of drug-likeness (QED) is 0.760. The predicted octanol–water partition coefficient (Wildman–Crippen LogP) is 1.68. The lowest BCUT2D eigenvalue weighted by Crippen LogP contribution is -2.35. The molecule has 0 saturated heterocycles. The van der Waals surface area contributed by atoms with E-state index in [1.165, 1.54) is 6.42 Å². The number of H-pyrrole nitrogens is 1. The summed E-state index contributed by atoms with van der Waals surface area (Å²) in [6.45, 7) is 2.64. The summed E-state index contributed by atoms with van der Waals surface area (Å²) in [7, 11) is 0. The van der Waals surface area contributed by atoms with Crippen LogP contribution in [0.5, 0.6) is 0 Å². The summed E-state index contributed by atoms with van der Waals surface area (Å²) < 4.78 is 0. The first-order valence-electron chi connectivity index (χ1n) is 6.79. The molecular formula is C13H22N4O. The molecule has 5 heteroatoms. The molecule has 18 heavy (non-hydrogen) atoms. The zero-order chi connectivity index (χ0) is 13.0. The van der Waals surface area contributed by atoms with Gasteiger partial charge in [-0.05, 0) is 31.7 Å². The molecule has 0 aliphatic heterocycles. The Morgan fingerprint density at radius 3 is 3.00 bits per heavy atom. The van der Waals surface area contributed by atoms with Crippen LogP contribution in [-0.4, -0.2) is 22.6 Å². The number of amides is 1. The summed E-state index contributed by atoms with van der Waals surface area (Å²) in [5, 5.41) is 9.88. The number of carbonyl (C=O) groups excluding carboxylic acids is 1. The first-order valence-corrected chi connectivity index (χ1v) is 6.79. The van der Waals surface area contributed by atoms with Crippen molar-refractivity contribution in [2.45, 2.75) is 39.0 Å². The average Bonchev–Trinajstić information content (AvgIpc) is 2.86. The third-order valence-electron chi connectivity index (χ3n) is 3.81. The van der Waals surface area contributed by atoms with Crippen molar-refractivity contribution >= 4 is 11.7 Å². The molecular weight excluding hydrogens is 228 g/mol. The maximum atomic E-state index is 12.2. The van der Waals surface area contributed by atoms with Crippen LogP contribution in [0.4, 0.5) is 5.82 Å². The monoisotopic (exact) mass is 250 g/mol. The van der Waals surface area contributed by atoms with E-state index in [-0.39, 0.29) is 11.8 Å². The van der Waals surface area contributed by atoms with Gasteiger partial charge in [0, 0.05) is 17.7 Å². The molecule has 1 aromatic heterocycles. The molecule has 1 saturated carbocycles. The van der Waals surface area contributed by atoms with E-state index in [1.807, 2.05) is 13.0 Å². The lowest BCUT2D eigenvalue weighted by atomic mass is 9.79. The number of hydrogen-bond donors (Lipinski definition) is 3. The van der Waals surface area contributed by atoms with Crippen LogP contribution >= 0.6 is 0 Å². The zero-order valence-electron chi connectivity index (χ0n) is 10.9. The second kappa shape index (κ2) is 6.00. The average molecular weight is 250 g/mol. The summed E-state index contributed by atoms with van der Waals surface area (Å²) >= 11 is 0. The van der Waals surface area contributed by atoms with Crippen molar-refractivity contribution in [2.75, 3.05) is 11.9 Å². The summed E-state index contributed by atoms with van der Waals surface area (Å²) in [5.74, 6) is 1.06. The van der Waals surface area contributed by atoms with E-state index < -0.39 is 0 Å². The SMILES string of the molecule is CCc1cc(NC(=O)C2CCCCC2CN)n[nH]1.